The molecule has 1 heterocycles. The number of rotatable bonds is 7. The smallest absolute Gasteiger partial charge is 0.329 e. The number of amides is 3. The van der Waals surface area contributed by atoms with Crippen LogP contribution in [-0.4, -0.2) is 23.9 Å². The van der Waals surface area contributed by atoms with Crippen LogP contribution in [-0.2, 0) is 17.9 Å². The lowest BCUT2D eigenvalue weighted by Crippen LogP contribution is -2.30. The van der Waals surface area contributed by atoms with E-state index < -0.39 is 6.03 Å². The second-order valence-corrected chi connectivity index (χ2v) is 9.90. The highest BCUT2D eigenvalue weighted by molar-refractivity contribution is 14.1. The van der Waals surface area contributed by atoms with Gasteiger partial charge in [0.2, 0.25) is 0 Å². The standard InChI is InChI=1S/C26H22BrIN2O4/c1-16-4-3-5-18(10-16)15-34-24-21(28)11-19(13-23(24)33-2)12-22-25(31)30(26(32)29-22)14-17-6-8-20(27)9-7-17/h3-13H,14-15H2,1-2H3,(H,29,32)/b22-12+. The Bertz CT molecular complexity index is 1270. The average Bonchev–Trinajstić information content (AvgIpc) is 3.06. The SMILES string of the molecule is COc1cc(/C=C2/NC(=O)N(Cc3ccc(Br)cc3)C2=O)cc(I)c1OCc1cccc(C)c1. The maximum atomic E-state index is 12.9. The summed E-state index contributed by atoms with van der Waals surface area (Å²) in [4.78, 5) is 26.5. The number of nitrogens with zero attached hydrogens (tertiary/aromatic N) is 1. The van der Waals surface area contributed by atoms with Gasteiger partial charge in [-0.1, -0.05) is 57.9 Å². The molecule has 0 atom stereocenters. The van der Waals surface area contributed by atoms with Gasteiger partial charge in [0.25, 0.3) is 5.91 Å². The molecule has 0 radical (unpaired) electrons. The number of ether oxygens (including phenoxy) is 2. The third-order valence-corrected chi connectivity index (χ3v) is 6.57. The Morgan fingerprint density at radius 2 is 1.82 bits per heavy atom. The van der Waals surface area contributed by atoms with Crippen LogP contribution in [0.15, 0.2) is 70.8 Å². The maximum absolute atomic E-state index is 12.9. The van der Waals surface area contributed by atoms with Crippen molar-refractivity contribution in [1.82, 2.24) is 10.2 Å². The number of halogens is 2. The minimum Gasteiger partial charge on any atom is -0.493 e. The van der Waals surface area contributed by atoms with E-state index in [-0.39, 0.29) is 18.1 Å². The molecular formula is C26H22BrIN2O4. The number of nitrogens with one attached hydrogen (secondary N) is 1. The van der Waals surface area contributed by atoms with Crippen LogP contribution in [0.1, 0.15) is 22.3 Å². The lowest BCUT2D eigenvalue weighted by atomic mass is 10.1. The molecule has 3 aromatic rings. The molecule has 0 aromatic heterocycles. The number of carbonyl (C=O) groups is 2. The molecule has 1 aliphatic rings. The van der Waals surface area contributed by atoms with Crippen LogP contribution >= 0.6 is 38.5 Å². The predicted molar refractivity (Wildman–Crippen MR) is 142 cm³/mol. The molecule has 1 saturated heterocycles. The van der Waals surface area contributed by atoms with Crippen molar-refractivity contribution < 1.29 is 19.1 Å². The Kier molecular flexibility index (Phi) is 7.57. The summed E-state index contributed by atoms with van der Waals surface area (Å²) in [5.41, 5.74) is 4.03. The zero-order valence-corrected chi connectivity index (χ0v) is 22.3. The summed E-state index contributed by atoms with van der Waals surface area (Å²) in [6.07, 6.45) is 1.65. The van der Waals surface area contributed by atoms with Crippen molar-refractivity contribution in [3.05, 3.63) is 96.7 Å². The first-order valence-electron chi connectivity index (χ1n) is 10.5. The van der Waals surface area contributed by atoms with Gasteiger partial charge < -0.3 is 14.8 Å². The van der Waals surface area contributed by atoms with Crippen molar-refractivity contribution in [2.24, 2.45) is 0 Å². The van der Waals surface area contributed by atoms with E-state index in [0.29, 0.717) is 18.1 Å². The molecule has 1 aliphatic heterocycles. The highest BCUT2D eigenvalue weighted by Gasteiger charge is 2.33. The summed E-state index contributed by atoms with van der Waals surface area (Å²) < 4.78 is 13.4. The Morgan fingerprint density at radius 1 is 1.06 bits per heavy atom. The van der Waals surface area contributed by atoms with Gasteiger partial charge in [0.05, 0.1) is 17.2 Å². The maximum Gasteiger partial charge on any atom is 0.329 e. The van der Waals surface area contributed by atoms with E-state index in [9.17, 15) is 9.59 Å². The monoisotopic (exact) mass is 632 g/mol. The number of urea groups is 1. The van der Waals surface area contributed by atoms with Crippen LogP contribution < -0.4 is 14.8 Å². The summed E-state index contributed by atoms with van der Waals surface area (Å²) >= 11 is 5.57. The Labute approximate surface area is 220 Å². The van der Waals surface area contributed by atoms with Gasteiger partial charge in [-0.25, -0.2) is 4.79 Å². The number of methoxy groups -OCH3 is 1. The molecule has 174 valence electrons. The van der Waals surface area contributed by atoms with Gasteiger partial charge in [0.15, 0.2) is 11.5 Å². The zero-order chi connectivity index (χ0) is 24.2. The van der Waals surface area contributed by atoms with E-state index in [1.54, 1.807) is 19.3 Å². The Morgan fingerprint density at radius 3 is 2.53 bits per heavy atom. The van der Waals surface area contributed by atoms with Crippen molar-refractivity contribution in [1.29, 1.82) is 0 Å². The second-order valence-electron chi connectivity index (χ2n) is 7.82. The average molecular weight is 633 g/mol. The van der Waals surface area contributed by atoms with Gasteiger partial charge in [-0.05, 0) is 76.5 Å². The van der Waals surface area contributed by atoms with Gasteiger partial charge in [-0.15, -0.1) is 0 Å². The lowest BCUT2D eigenvalue weighted by molar-refractivity contribution is -0.123. The molecule has 0 unspecified atom stereocenters. The summed E-state index contributed by atoms with van der Waals surface area (Å²) in [6, 6.07) is 18.9. The van der Waals surface area contributed by atoms with Crippen molar-refractivity contribution in [3.63, 3.8) is 0 Å². The number of imide groups is 1. The third-order valence-electron chi connectivity index (χ3n) is 5.24. The van der Waals surface area contributed by atoms with Gasteiger partial charge in [0.1, 0.15) is 12.3 Å². The number of hydrogen-bond acceptors (Lipinski definition) is 4. The Hall–Kier alpha value is -2.85. The van der Waals surface area contributed by atoms with Gasteiger partial charge in [0, 0.05) is 4.47 Å². The van der Waals surface area contributed by atoms with Gasteiger partial charge in [-0.3, -0.25) is 9.69 Å². The highest BCUT2D eigenvalue weighted by atomic mass is 127. The van der Waals surface area contributed by atoms with E-state index in [1.807, 2.05) is 55.5 Å². The highest BCUT2D eigenvalue weighted by Crippen LogP contribution is 2.35. The molecule has 8 heteroatoms. The topological polar surface area (TPSA) is 67.9 Å². The van der Waals surface area contributed by atoms with Gasteiger partial charge >= 0.3 is 6.03 Å². The molecule has 0 aliphatic carbocycles. The van der Waals surface area contributed by atoms with E-state index in [0.717, 1.165) is 24.7 Å². The number of benzene rings is 3. The van der Waals surface area contributed by atoms with Crippen LogP contribution in [0.5, 0.6) is 11.5 Å². The van der Waals surface area contributed by atoms with E-state index in [2.05, 4.69) is 49.9 Å². The summed E-state index contributed by atoms with van der Waals surface area (Å²) in [7, 11) is 1.57. The summed E-state index contributed by atoms with van der Waals surface area (Å²) in [5, 5.41) is 2.67. The summed E-state index contributed by atoms with van der Waals surface area (Å²) in [5.74, 6) is 0.807. The number of hydrogen-bond donors (Lipinski definition) is 1. The van der Waals surface area contributed by atoms with Crippen molar-refractivity contribution >= 4 is 56.5 Å². The first-order valence-corrected chi connectivity index (χ1v) is 12.4. The molecule has 1 N–H and O–H groups in total. The Balaban J connectivity index is 1.53. The van der Waals surface area contributed by atoms with Crippen molar-refractivity contribution in [3.8, 4) is 11.5 Å². The minimum atomic E-state index is -0.445. The predicted octanol–water partition coefficient (Wildman–Crippen LogP) is 6.04. The molecule has 3 amide bonds. The van der Waals surface area contributed by atoms with E-state index >= 15 is 0 Å². The van der Waals surface area contributed by atoms with Crippen molar-refractivity contribution in [2.45, 2.75) is 20.1 Å². The minimum absolute atomic E-state index is 0.196. The normalized spacial score (nSPS) is 14.5. The summed E-state index contributed by atoms with van der Waals surface area (Å²) in [6.45, 7) is 2.65. The fourth-order valence-corrected chi connectivity index (χ4v) is 4.62. The first-order chi connectivity index (χ1) is 16.3. The van der Waals surface area contributed by atoms with Crippen LogP contribution in [0.3, 0.4) is 0 Å². The van der Waals surface area contributed by atoms with Gasteiger partial charge in [-0.2, -0.15) is 0 Å². The van der Waals surface area contributed by atoms with Crippen LogP contribution in [0.25, 0.3) is 6.08 Å². The molecule has 0 saturated carbocycles. The molecule has 0 bridgehead atoms. The molecule has 0 spiro atoms. The van der Waals surface area contributed by atoms with E-state index in [4.69, 9.17) is 9.47 Å². The molecular weight excluding hydrogens is 611 g/mol. The lowest BCUT2D eigenvalue weighted by Gasteiger charge is -2.14. The number of carbonyl (C=O) groups excluding carboxylic acids is 2. The fraction of sp³-hybridized carbons (Fsp3) is 0.154. The largest absolute Gasteiger partial charge is 0.493 e. The molecule has 34 heavy (non-hydrogen) atoms. The molecule has 4 rings (SSSR count). The van der Waals surface area contributed by atoms with Crippen LogP contribution in [0, 0.1) is 10.5 Å². The molecule has 3 aromatic carbocycles. The van der Waals surface area contributed by atoms with E-state index in [1.165, 1.54) is 10.5 Å². The third kappa shape index (κ3) is 5.61. The molecule has 1 fully saturated rings. The van der Waals surface area contributed by atoms with Crippen LogP contribution in [0.4, 0.5) is 4.79 Å². The molecule has 6 nitrogen and oxygen atoms in total. The fourth-order valence-electron chi connectivity index (χ4n) is 3.57. The quantitative estimate of drug-likeness (QED) is 0.196. The van der Waals surface area contributed by atoms with Crippen LogP contribution in [0.2, 0.25) is 0 Å². The first kappa shape index (κ1) is 24.3. The van der Waals surface area contributed by atoms with Crippen molar-refractivity contribution in [2.75, 3.05) is 7.11 Å². The number of aryl methyl sites for hydroxylation is 1. The zero-order valence-electron chi connectivity index (χ0n) is 18.6. The second kappa shape index (κ2) is 10.6.